The molecule has 1 unspecified atom stereocenters. The predicted molar refractivity (Wildman–Crippen MR) is 78.2 cm³/mol. The normalized spacial score (nSPS) is 17.0. The number of morpholine rings is 1. The van der Waals surface area contributed by atoms with E-state index in [9.17, 15) is 10.1 Å². The molecule has 0 aromatic heterocycles. The molecule has 112 valence electrons. The average molecular weight is 290 g/mol. The number of nitriles is 1. The second-order valence-corrected chi connectivity index (χ2v) is 5.06. The van der Waals surface area contributed by atoms with Gasteiger partial charge in [0.25, 0.3) is 5.69 Å². The third kappa shape index (κ3) is 4.15. The Hall–Kier alpha value is -2.17. The number of non-ortho nitro benzene ring substituents is 1. The third-order valence-electron chi connectivity index (χ3n) is 3.37. The molecule has 1 aliphatic heterocycles. The van der Waals surface area contributed by atoms with Crippen LogP contribution in [-0.2, 0) is 4.74 Å². The highest BCUT2D eigenvalue weighted by molar-refractivity contribution is 5.61. The van der Waals surface area contributed by atoms with Crippen molar-refractivity contribution in [2.45, 2.75) is 13.0 Å². The maximum absolute atomic E-state index is 10.7. The summed E-state index contributed by atoms with van der Waals surface area (Å²) in [5, 5.41) is 23.1. The zero-order valence-corrected chi connectivity index (χ0v) is 11.9. The van der Waals surface area contributed by atoms with E-state index < -0.39 is 4.92 Å². The molecule has 1 aromatic rings. The number of nitrogens with one attached hydrogen (secondary N) is 1. The molecule has 0 amide bonds. The lowest BCUT2D eigenvalue weighted by molar-refractivity contribution is -0.384. The summed E-state index contributed by atoms with van der Waals surface area (Å²) in [6.07, 6.45) is 0. The summed E-state index contributed by atoms with van der Waals surface area (Å²) in [6, 6.07) is 6.43. The lowest BCUT2D eigenvalue weighted by Crippen LogP contribution is -2.42. The van der Waals surface area contributed by atoms with Crippen molar-refractivity contribution in [3.05, 3.63) is 33.9 Å². The van der Waals surface area contributed by atoms with Gasteiger partial charge >= 0.3 is 0 Å². The molecule has 0 bridgehead atoms. The standard InChI is InChI=1S/C14H18N4O3/c1-11(10-17-4-6-21-7-5-17)16-14-3-2-13(18(19)20)8-12(14)9-15/h2-3,8,11,16H,4-7,10H2,1H3. The first-order valence-electron chi connectivity index (χ1n) is 6.85. The van der Waals surface area contributed by atoms with E-state index in [0.29, 0.717) is 5.69 Å². The van der Waals surface area contributed by atoms with E-state index in [-0.39, 0.29) is 17.3 Å². The first kappa shape index (κ1) is 15.2. The maximum atomic E-state index is 10.7. The van der Waals surface area contributed by atoms with Crippen molar-refractivity contribution in [2.75, 3.05) is 38.2 Å². The van der Waals surface area contributed by atoms with Gasteiger partial charge in [-0.25, -0.2) is 0 Å². The van der Waals surface area contributed by atoms with Crippen LogP contribution >= 0.6 is 0 Å². The van der Waals surface area contributed by atoms with Crippen molar-refractivity contribution in [1.29, 1.82) is 5.26 Å². The summed E-state index contributed by atoms with van der Waals surface area (Å²) in [4.78, 5) is 12.5. The van der Waals surface area contributed by atoms with Crippen LogP contribution in [0.4, 0.5) is 11.4 Å². The Morgan fingerprint density at radius 3 is 2.86 bits per heavy atom. The van der Waals surface area contributed by atoms with Gasteiger partial charge in [-0.15, -0.1) is 0 Å². The van der Waals surface area contributed by atoms with Gasteiger partial charge in [0, 0.05) is 37.8 Å². The number of ether oxygens (including phenoxy) is 1. The van der Waals surface area contributed by atoms with Gasteiger partial charge in [-0.2, -0.15) is 5.26 Å². The molecule has 1 aromatic carbocycles. The zero-order chi connectivity index (χ0) is 15.2. The van der Waals surface area contributed by atoms with Gasteiger partial charge in [-0.1, -0.05) is 0 Å². The third-order valence-corrected chi connectivity index (χ3v) is 3.37. The van der Waals surface area contributed by atoms with E-state index in [2.05, 4.69) is 10.2 Å². The van der Waals surface area contributed by atoms with Crippen molar-refractivity contribution >= 4 is 11.4 Å². The van der Waals surface area contributed by atoms with Crippen LogP contribution < -0.4 is 5.32 Å². The van der Waals surface area contributed by atoms with Crippen LogP contribution in [0.2, 0.25) is 0 Å². The van der Waals surface area contributed by atoms with E-state index in [1.807, 2.05) is 13.0 Å². The number of benzene rings is 1. The van der Waals surface area contributed by atoms with Crippen molar-refractivity contribution in [1.82, 2.24) is 4.90 Å². The quantitative estimate of drug-likeness (QED) is 0.654. The minimum atomic E-state index is -0.498. The van der Waals surface area contributed by atoms with Gasteiger partial charge in [0.1, 0.15) is 6.07 Å². The van der Waals surface area contributed by atoms with Gasteiger partial charge in [0.2, 0.25) is 0 Å². The molecule has 0 spiro atoms. The number of nitro groups is 1. The molecule has 7 nitrogen and oxygen atoms in total. The molecule has 21 heavy (non-hydrogen) atoms. The van der Waals surface area contributed by atoms with Crippen LogP contribution in [0.5, 0.6) is 0 Å². The molecule has 0 radical (unpaired) electrons. The summed E-state index contributed by atoms with van der Waals surface area (Å²) in [5.41, 5.74) is 0.847. The van der Waals surface area contributed by atoms with Crippen LogP contribution in [0, 0.1) is 21.4 Å². The maximum Gasteiger partial charge on any atom is 0.270 e. The van der Waals surface area contributed by atoms with Gasteiger partial charge in [0.05, 0.1) is 29.4 Å². The fourth-order valence-electron chi connectivity index (χ4n) is 2.35. The smallest absolute Gasteiger partial charge is 0.270 e. The summed E-state index contributed by atoms with van der Waals surface area (Å²) in [6.45, 7) is 6.15. The number of anilines is 1. The second-order valence-electron chi connectivity index (χ2n) is 5.06. The monoisotopic (exact) mass is 290 g/mol. The Morgan fingerprint density at radius 2 is 2.24 bits per heavy atom. The number of hydrogen-bond donors (Lipinski definition) is 1. The Balaban J connectivity index is 2.01. The molecule has 1 saturated heterocycles. The number of hydrogen-bond acceptors (Lipinski definition) is 6. The molecule has 0 aliphatic carbocycles. The highest BCUT2D eigenvalue weighted by atomic mass is 16.6. The van der Waals surface area contributed by atoms with Gasteiger partial charge in [-0.05, 0) is 13.0 Å². The molecule has 1 fully saturated rings. The zero-order valence-electron chi connectivity index (χ0n) is 11.9. The fraction of sp³-hybridized carbons (Fsp3) is 0.500. The van der Waals surface area contributed by atoms with Crippen LogP contribution in [0.1, 0.15) is 12.5 Å². The summed E-state index contributed by atoms with van der Waals surface area (Å²) in [5.74, 6) is 0. The molecule has 1 atom stereocenters. The van der Waals surface area contributed by atoms with Crippen molar-refractivity contribution < 1.29 is 9.66 Å². The Bertz CT molecular complexity index is 550. The largest absolute Gasteiger partial charge is 0.380 e. The second kappa shape index (κ2) is 7.02. The van der Waals surface area contributed by atoms with Crippen LogP contribution in [-0.4, -0.2) is 48.7 Å². The highest BCUT2D eigenvalue weighted by Crippen LogP contribution is 2.22. The average Bonchev–Trinajstić information content (AvgIpc) is 2.48. The molecule has 7 heteroatoms. The van der Waals surface area contributed by atoms with Crippen LogP contribution in [0.25, 0.3) is 0 Å². The SMILES string of the molecule is CC(CN1CCOCC1)Nc1ccc([N+](=O)[O-])cc1C#N. The Morgan fingerprint density at radius 1 is 1.52 bits per heavy atom. The summed E-state index contributed by atoms with van der Waals surface area (Å²) >= 11 is 0. The van der Waals surface area contributed by atoms with Crippen LogP contribution in [0.15, 0.2) is 18.2 Å². The minimum absolute atomic E-state index is 0.0714. The molecule has 1 heterocycles. The summed E-state index contributed by atoms with van der Waals surface area (Å²) < 4.78 is 5.30. The highest BCUT2D eigenvalue weighted by Gasteiger charge is 2.16. The molecular formula is C14H18N4O3. The van der Waals surface area contributed by atoms with Gasteiger partial charge in [-0.3, -0.25) is 15.0 Å². The lowest BCUT2D eigenvalue weighted by atomic mass is 10.1. The summed E-state index contributed by atoms with van der Waals surface area (Å²) in [7, 11) is 0. The first-order valence-corrected chi connectivity index (χ1v) is 6.85. The predicted octanol–water partition coefficient (Wildman–Crippen LogP) is 1.60. The van der Waals surface area contributed by atoms with Crippen LogP contribution in [0.3, 0.4) is 0 Å². The van der Waals surface area contributed by atoms with Crippen molar-refractivity contribution in [3.63, 3.8) is 0 Å². The fourth-order valence-corrected chi connectivity index (χ4v) is 2.35. The molecule has 1 aliphatic rings. The Labute approximate surface area is 123 Å². The number of nitro benzene ring substituents is 1. The van der Waals surface area contributed by atoms with E-state index in [1.54, 1.807) is 6.07 Å². The Kier molecular flexibility index (Phi) is 5.09. The van der Waals surface area contributed by atoms with Crippen molar-refractivity contribution in [2.24, 2.45) is 0 Å². The molecule has 2 rings (SSSR count). The molecule has 1 N–H and O–H groups in total. The molecular weight excluding hydrogens is 272 g/mol. The van der Waals surface area contributed by atoms with E-state index in [4.69, 9.17) is 10.00 Å². The lowest BCUT2D eigenvalue weighted by Gasteiger charge is -2.29. The minimum Gasteiger partial charge on any atom is -0.380 e. The first-order chi connectivity index (χ1) is 10.1. The number of rotatable bonds is 5. The van der Waals surface area contributed by atoms with Gasteiger partial charge < -0.3 is 10.1 Å². The van der Waals surface area contributed by atoms with E-state index >= 15 is 0 Å². The molecule has 0 saturated carbocycles. The van der Waals surface area contributed by atoms with E-state index in [1.165, 1.54) is 12.1 Å². The topological polar surface area (TPSA) is 91.4 Å². The van der Waals surface area contributed by atoms with E-state index in [0.717, 1.165) is 32.8 Å². The number of nitrogens with zero attached hydrogens (tertiary/aromatic N) is 3. The van der Waals surface area contributed by atoms with Crippen molar-refractivity contribution in [3.8, 4) is 6.07 Å². The van der Waals surface area contributed by atoms with Gasteiger partial charge in [0.15, 0.2) is 0 Å².